The quantitative estimate of drug-likeness (QED) is 0.817. The van der Waals surface area contributed by atoms with Crippen LogP contribution in [0.15, 0.2) is 18.2 Å². The number of benzene rings is 1. The molecule has 0 radical (unpaired) electrons. The summed E-state index contributed by atoms with van der Waals surface area (Å²) in [5.74, 6) is 1.86. The second-order valence-electron chi connectivity index (χ2n) is 5.12. The van der Waals surface area contributed by atoms with Crippen LogP contribution < -0.4 is 20.5 Å². The number of nitrogens with one attached hydrogen (secondary N) is 1. The third-order valence-electron chi connectivity index (χ3n) is 3.28. The average Bonchev–Trinajstić information content (AvgIpc) is 2.47. The van der Waals surface area contributed by atoms with E-state index in [4.69, 9.17) is 15.2 Å². The topological polar surface area (TPSA) is 73.6 Å². The minimum absolute atomic E-state index is 0.0560. The summed E-state index contributed by atoms with van der Waals surface area (Å²) < 4.78 is 11.0. The fourth-order valence-corrected chi connectivity index (χ4v) is 2.06. The molecule has 0 bridgehead atoms. The van der Waals surface area contributed by atoms with Crippen LogP contribution in [0.3, 0.4) is 0 Å². The Morgan fingerprint density at radius 1 is 1.35 bits per heavy atom. The van der Waals surface area contributed by atoms with Gasteiger partial charge >= 0.3 is 0 Å². The van der Waals surface area contributed by atoms with Crippen LogP contribution in [-0.2, 0) is 11.2 Å². The van der Waals surface area contributed by atoms with Crippen LogP contribution in [0.5, 0.6) is 11.5 Å². The van der Waals surface area contributed by atoms with Crippen molar-refractivity contribution in [3.8, 4) is 11.5 Å². The maximum Gasteiger partial charge on any atom is 0.220 e. The van der Waals surface area contributed by atoms with Crippen molar-refractivity contribution in [2.24, 2.45) is 11.7 Å². The molecule has 0 saturated heterocycles. The lowest BCUT2D eigenvalue weighted by atomic mass is 10.1. The molecule has 1 aliphatic rings. The molecule has 5 heteroatoms. The molecule has 110 valence electrons. The van der Waals surface area contributed by atoms with Gasteiger partial charge in [-0.1, -0.05) is 13.0 Å². The van der Waals surface area contributed by atoms with Crippen LogP contribution in [0.2, 0.25) is 0 Å². The highest BCUT2D eigenvalue weighted by molar-refractivity contribution is 5.76. The van der Waals surface area contributed by atoms with Gasteiger partial charge in [0, 0.05) is 13.0 Å². The number of carbonyl (C=O) groups is 1. The van der Waals surface area contributed by atoms with Crippen molar-refractivity contribution in [1.82, 2.24) is 5.32 Å². The Hall–Kier alpha value is -1.75. The number of carbonyl (C=O) groups excluding carboxylic acids is 1. The predicted octanol–water partition coefficient (Wildman–Crippen LogP) is 1.10. The third kappa shape index (κ3) is 4.13. The molecule has 1 amide bonds. The van der Waals surface area contributed by atoms with Crippen LogP contribution in [0, 0.1) is 5.92 Å². The molecule has 1 heterocycles. The number of hydrogen-bond acceptors (Lipinski definition) is 4. The molecule has 1 aromatic rings. The van der Waals surface area contributed by atoms with Crippen molar-refractivity contribution in [1.29, 1.82) is 0 Å². The van der Waals surface area contributed by atoms with Gasteiger partial charge in [0.15, 0.2) is 11.5 Å². The second kappa shape index (κ2) is 7.14. The normalized spacial score (nSPS) is 14.7. The van der Waals surface area contributed by atoms with Gasteiger partial charge in [0.1, 0.15) is 13.2 Å². The van der Waals surface area contributed by atoms with Gasteiger partial charge < -0.3 is 20.5 Å². The van der Waals surface area contributed by atoms with Crippen molar-refractivity contribution in [2.75, 3.05) is 26.3 Å². The first-order valence-electron chi connectivity index (χ1n) is 7.04. The molecule has 0 fully saturated rings. The van der Waals surface area contributed by atoms with Gasteiger partial charge in [-0.15, -0.1) is 0 Å². The van der Waals surface area contributed by atoms with Gasteiger partial charge in [0.25, 0.3) is 0 Å². The van der Waals surface area contributed by atoms with Crippen LogP contribution >= 0.6 is 0 Å². The summed E-state index contributed by atoms with van der Waals surface area (Å²) in [4.78, 5) is 11.6. The molecule has 0 spiro atoms. The summed E-state index contributed by atoms with van der Waals surface area (Å²) in [7, 11) is 0. The summed E-state index contributed by atoms with van der Waals surface area (Å²) in [6.45, 7) is 4.32. The Morgan fingerprint density at radius 2 is 2.10 bits per heavy atom. The van der Waals surface area contributed by atoms with E-state index >= 15 is 0 Å². The Balaban J connectivity index is 1.78. The molecule has 2 rings (SSSR count). The van der Waals surface area contributed by atoms with E-state index in [1.54, 1.807) is 0 Å². The van der Waals surface area contributed by atoms with Gasteiger partial charge in [-0.3, -0.25) is 4.79 Å². The highest BCUT2D eigenvalue weighted by atomic mass is 16.6. The lowest BCUT2D eigenvalue weighted by Crippen LogP contribution is -2.28. The monoisotopic (exact) mass is 278 g/mol. The molecular formula is C15H22N2O3. The van der Waals surface area contributed by atoms with E-state index in [2.05, 4.69) is 5.32 Å². The van der Waals surface area contributed by atoms with E-state index in [-0.39, 0.29) is 11.8 Å². The molecular weight excluding hydrogens is 256 g/mol. The summed E-state index contributed by atoms with van der Waals surface area (Å²) in [5, 5.41) is 2.91. The Labute approximate surface area is 119 Å². The molecule has 0 saturated carbocycles. The SMILES string of the molecule is CC(CN)CC(=O)NCCc1ccc2c(c1)OCCO2. The van der Waals surface area contributed by atoms with Crippen molar-refractivity contribution in [2.45, 2.75) is 19.8 Å². The Morgan fingerprint density at radius 3 is 2.85 bits per heavy atom. The van der Waals surface area contributed by atoms with Gasteiger partial charge in [0.2, 0.25) is 5.91 Å². The van der Waals surface area contributed by atoms with Crippen LogP contribution in [0.4, 0.5) is 0 Å². The van der Waals surface area contributed by atoms with Gasteiger partial charge in [-0.05, 0) is 36.6 Å². The first-order chi connectivity index (χ1) is 9.69. The average molecular weight is 278 g/mol. The minimum atomic E-state index is 0.0560. The third-order valence-corrected chi connectivity index (χ3v) is 3.28. The first kappa shape index (κ1) is 14.7. The van der Waals surface area contributed by atoms with Gasteiger partial charge in [-0.2, -0.15) is 0 Å². The van der Waals surface area contributed by atoms with Crippen LogP contribution in [0.1, 0.15) is 18.9 Å². The van der Waals surface area contributed by atoms with Crippen LogP contribution in [-0.4, -0.2) is 32.2 Å². The highest BCUT2D eigenvalue weighted by Crippen LogP contribution is 2.30. The molecule has 1 aliphatic heterocycles. The fraction of sp³-hybridized carbons (Fsp3) is 0.533. The maximum absolute atomic E-state index is 11.6. The van der Waals surface area contributed by atoms with E-state index < -0.39 is 0 Å². The van der Waals surface area contributed by atoms with E-state index in [9.17, 15) is 4.79 Å². The zero-order chi connectivity index (χ0) is 14.4. The number of rotatable bonds is 6. The predicted molar refractivity (Wildman–Crippen MR) is 77.0 cm³/mol. The van der Waals surface area contributed by atoms with E-state index in [1.807, 2.05) is 25.1 Å². The van der Waals surface area contributed by atoms with Gasteiger partial charge in [0.05, 0.1) is 0 Å². The molecule has 0 aromatic heterocycles. The van der Waals surface area contributed by atoms with E-state index in [1.165, 1.54) is 0 Å². The van der Waals surface area contributed by atoms with E-state index in [0.717, 1.165) is 23.5 Å². The molecule has 1 unspecified atom stereocenters. The zero-order valence-corrected chi connectivity index (χ0v) is 11.9. The Bertz CT molecular complexity index is 462. The summed E-state index contributed by atoms with van der Waals surface area (Å²) >= 11 is 0. The molecule has 5 nitrogen and oxygen atoms in total. The number of nitrogens with two attached hydrogens (primary N) is 1. The molecule has 3 N–H and O–H groups in total. The van der Waals surface area contributed by atoms with E-state index in [0.29, 0.717) is 32.7 Å². The first-order valence-corrected chi connectivity index (χ1v) is 7.04. The molecule has 1 atom stereocenters. The maximum atomic E-state index is 11.6. The minimum Gasteiger partial charge on any atom is -0.486 e. The van der Waals surface area contributed by atoms with Crippen molar-refractivity contribution >= 4 is 5.91 Å². The number of ether oxygens (including phenoxy) is 2. The lowest BCUT2D eigenvalue weighted by molar-refractivity contribution is -0.121. The standard InChI is InChI=1S/C15H22N2O3/c1-11(10-16)8-15(18)17-5-4-12-2-3-13-14(9-12)20-7-6-19-13/h2-3,9,11H,4-8,10,16H2,1H3,(H,17,18). The van der Waals surface area contributed by atoms with Crippen LogP contribution in [0.25, 0.3) is 0 Å². The van der Waals surface area contributed by atoms with Crippen molar-refractivity contribution < 1.29 is 14.3 Å². The Kier molecular flexibility index (Phi) is 5.24. The zero-order valence-electron chi connectivity index (χ0n) is 11.9. The summed E-state index contributed by atoms with van der Waals surface area (Å²) in [6.07, 6.45) is 1.26. The number of amides is 1. The highest BCUT2D eigenvalue weighted by Gasteiger charge is 2.12. The van der Waals surface area contributed by atoms with Crippen molar-refractivity contribution in [3.63, 3.8) is 0 Å². The molecule has 1 aromatic carbocycles. The largest absolute Gasteiger partial charge is 0.486 e. The second-order valence-corrected chi connectivity index (χ2v) is 5.12. The summed E-state index contributed by atoms with van der Waals surface area (Å²) in [5.41, 5.74) is 6.63. The molecule has 0 aliphatic carbocycles. The van der Waals surface area contributed by atoms with Gasteiger partial charge in [-0.25, -0.2) is 0 Å². The summed E-state index contributed by atoms with van der Waals surface area (Å²) in [6, 6.07) is 5.90. The smallest absolute Gasteiger partial charge is 0.220 e. The number of fused-ring (bicyclic) bond motifs is 1. The molecule has 20 heavy (non-hydrogen) atoms. The van der Waals surface area contributed by atoms with Crippen molar-refractivity contribution in [3.05, 3.63) is 23.8 Å². The number of hydrogen-bond donors (Lipinski definition) is 2. The lowest BCUT2D eigenvalue weighted by Gasteiger charge is -2.19. The fourth-order valence-electron chi connectivity index (χ4n) is 2.06.